The molecule has 0 radical (unpaired) electrons. The third-order valence-electron chi connectivity index (χ3n) is 7.43. The Morgan fingerprint density at radius 1 is 0.923 bits per heavy atom. The fraction of sp³-hybridized carbons (Fsp3) is 0.242. The number of nitroso groups, excluding NO2 is 1. The maximum atomic E-state index is 13.1. The third-order valence-corrected chi connectivity index (χ3v) is 7.43. The largest absolute Gasteiger partial charge is 0.481 e. The van der Waals surface area contributed by atoms with Crippen LogP contribution in [-0.2, 0) is 12.1 Å². The Bertz CT molecular complexity index is 1600. The van der Waals surface area contributed by atoms with Gasteiger partial charge in [0.15, 0.2) is 0 Å². The van der Waals surface area contributed by atoms with Crippen molar-refractivity contribution in [2.24, 2.45) is 5.18 Å². The second kappa shape index (κ2) is 11.3. The van der Waals surface area contributed by atoms with Crippen LogP contribution in [0.2, 0.25) is 0 Å². The maximum absolute atomic E-state index is 13.1. The molecular weight excluding hydrogens is 486 g/mol. The van der Waals surface area contributed by atoms with Gasteiger partial charge in [-0.15, -0.1) is 0 Å². The van der Waals surface area contributed by atoms with Gasteiger partial charge in [-0.25, -0.2) is 4.98 Å². The number of benzene rings is 4. The van der Waals surface area contributed by atoms with Crippen LogP contribution in [0.1, 0.15) is 34.6 Å². The number of rotatable bonds is 10. The number of nitrogens with zero attached hydrogens (tertiary/aromatic N) is 3. The molecule has 0 aliphatic rings. The first kappa shape index (κ1) is 26.5. The summed E-state index contributed by atoms with van der Waals surface area (Å²) in [6, 6.07) is 32.1. The van der Waals surface area contributed by atoms with Gasteiger partial charge in [-0.1, -0.05) is 84.0 Å². The molecule has 0 fully saturated rings. The standard InChI is InChI=1S/C33H33N3O3/c1-36(2)19-18-33(37,29-15-9-13-24-10-7-8-14-27(24)29)31(25-11-5-4-6-12-25)28-21-26-20-23(22-34-38)16-17-30(26)35-32(28)39-3/h4-17,20-21,31,37H,18-19,22H2,1-3H3. The summed E-state index contributed by atoms with van der Waals surface area (Å²) in [5.74, 6) is -0.0368. The van der Waals surface area contributed by atoms with Gasteiger partial charge in [0, 0.05) is 23.4 Å². The second-order valence-electron chi connectivity index (χ2n) is 10.2. The third kappa shape index (κ3) is 5.26. The minimum Gasteiger partial charge on any atom is -0.481 e. The van der Waals surface area contributed by atoms with Crippen molar-refractivity contribution in [3.8, 4) is 5.88 Å². The first-order chi connectivity index (χ1) is 18.9. The molecule has 5 aromatic rings. The molecule has 6 nitrogen and oxygen atoms in total. The van der Waals surface area contributed by atoms with Crippen molar-refractivity contribution in [2.45, 2.75) is 24.5 Å². The van der Waals surface area contributed by atoms with Crippen LogP contribution in [0, 0.1) is 4.91 Å². The van der Waals surface area contributed by atoms with Crippen molar-refractivity contribution in [1.29, 1.82) is 0 Å². The minimum absolute atomic E-state index is 0.0855. The van der Waals surface area contributed by atoms with Gasteiger partial charge < -0.3 is 14.7 Å². The summed E-state index contributed by atoms with van der Waals surface area (Å²) in [5, 5.41) is 19.1. The fourth-order valence-electron chi connectivity index (χ4n) is 5.56. The zero-order chi connectivity index (χ0) is 27.4. The van der Waals surface area contributed by atoms with Crippen LogP contribution in [0.25, 0.3) is 21.7 Å². The van der Waals surface area contributed by atoms with Crippen LogP contribution in [0.3, 0.4) is 0 Å². The average Bonchev–Trinajstić information content (AvgIpc) is 2.96. The highest BCUT2D eigenvalue weighted by molar-refractivity contribution is 5.87. The topological polar surface area (TPSA) is 75.0 Å². The monoisotopic (exact) mass is 519 g/mol. The maximum Gasteiger partial charge on any atom is 0.217 e. The van der Waals surface area contributed by atoms with E-state index in [4.69, 9.17) is 9.72 Å². The number of hydrogen-bond donors (Lipinski definition) is 1. The van der Waals surface area contributed by atoms with E-state index >= 15 is 0 Å². The van der Waals surface area contributed by atoms with Crippen molar-refractivity contribution >= 4 is 21.7 Å². The Labute approximate surface area is 228 Å². The molecule has 0 saturated heterocycles. The van der Waals surface area contributed by atoms with Crippen LogP contribution < -0.4 is 4.74 Å². The lowest BCUT2D eigenvalue weighted by molar-refractivity contribution is 0.00520. The molecule has 0 saturated carbocycles. The normalized spacial score (nSPS) is 13.9. The van der Waals surface area contributed by atoms with E-state index < -0.39 is 11.5 Å². The molecule has 1 heterocycles. The van der Waals surface area contributed by atoms with Crippen LogP contribution in [0.4, 0.5) is 0 Å². The predicted molar refractivity (Wildman–Crippen MR) is 157 cm³/mol. The molecule has 198 valence electrons. The molecule has 4 aromatic carbocycles. The number of fused-ring (bicyclic) bond motifs is 2. The summed E-state index contributed by atoms with van der Waals surface area (Å²) in [4.78, 5) is 17.9. The van der Waals surface area contributed by atoms with Gasteiger partial charge in [-0.3, -0.25) is 0 Å². The first-order valence-corrected chi connectivity index (χ1v) is 13.1. The highest BCUT2D eigenvalue weighted by Gasteiger charge is 2.43. The van der Waals surface area contributed by atoms with Gasteiger partial charge >= 0.3 is 0 Å². The van der Waals surface area contributed by atoms with Crippen LogP contribution in [0.5, 0.6) is 5.88 Å². The van der Waals surface area contributed by atoms with E-state index in [1.165, 1.54) is 0 Å². The summed E-state index contributed by atoms with van der Waals surface area (Å²) < 4.78 is 5.88. The van der Waals surface area contributed by atoms with Crippen LogP contribution >= 0.6 is 0 Å². The summed E-state index contributed by atoms with van der Waals surface area (Å²) in [6.07, 6.45) is 0.476. The van der Waals surface area contributed by atoms with E-state index in [2.05, 4.69) is 28.3 Å². The molecule has 0 amide bonds. The van der Waals surface area contributed by atoms with Crippen LogP contribution in [-0.4, -0.2) is 42.7 Å². The molecular formula is C33H33N3O3. The van der Waals surface area contributed by atoms with E-state index in [1.807, 2.05) is 93.0 Å². The fourth-order valence-corrected chi connectivity index (χ4v) is 5.56. The molecule has 2 atom stereocenters. The lowest BCUT2D eigenvalue weighted by atomic mass is 9.70. The lowest BCUT2D eigenvalue weighted by Gasteiger charge is -2.39. The van der Waals surface area contributed by atoms with Crippen molar-refractivity contribution in [3.05, 3.63) is 124 Å². The Morgan fingerprint density at radius 3 is 2.41 bits per heavy atom. The Kier molecular flexibility index (Phi) is 7.68. The lowest BCUT2D eigenvalue weighted by Crippen LogP contribution is -2.38. The predicted octanol–water partition coefficient (Wildman–Crippen LogP) is 6.63. The molecule has 0 bridgehead atoms. The van der Waals surface area contributed by atoms with Gasteiger partial charge in [0.25, 0.3) is 0 Å². The highest BCUT2D eigenvalue weighted by atomic mass is 16.5. The number of pyridine rings is 1. The van der Waals surface area contributed by atoms with Crippen molar-refractivity contribution in [2.75, 3.05) is 27.7 Å². The van der Waals surface area contributed by atoms with E-state index in [1.54, 1.807) is 7.11 Å². The van der Waals surface area contributed by atoms with Crippen molar-refractivity contribution in [3.63, 3.8) is 0 Å². The molecule has 0 aliphatic carbocycles. The number of aromatic nitrogens is 1. The summed E-state index contributed by atoms with van der Waals surface area (Å²) in [6.45, 7) is 0.754. The molecule has 0 spiro atoms. The van der Waals surface area contributed by atoms with Gasteiger partial charge in [-0.2, -0.15) is 4.91 Å². The Morgan fingerprint density at radius 2 is 1.67 bits per heavy atom. The van der Waals surface area contributed by atoms with Crippen molar-refractivity contribution in [1.82, 2.24) is 9.88 Å². The first-order valence-electron chi connectivity index (χ1n) is 13.1. The minimum atomic E-state index is -1.31. The quantitative estimate of drug-likeness (QED) is 0.210. The van der Waals surface area contributed by atoms with Gasteiger partial charge in [-0.05, 0) is 66.2 Å². The van der Waals surface area contributed by atoms with E-state index in [0.717, 1.165) is 43.9 Å². The molecule has 5 rings (SSSR count). The molecule has 39 heavy (non-hydrogen) atoms. The second-order valence-corrected chi connectivity index (χ2v) is 10.2. The van der Waals surface area contributed by atoms with Gasteiger partial charge in [0.2, 0.25) is 5.88 Å². The smallest absolute Gasteiger partial charge is 0.217 e. The number of ether oxygens (including phenoxy) is 1. The highest BCUT2D eigenvalue weighted by Crippen LogP contribution is 2.48. The molecule has 2 unspecified atom stereocenters. The summed E-state index contributed by atoms with van der Waals surface area (Å²) in [5.41, 5.74) is 2.84. The van der Waals surface area contributed by atoms with E-state index in [9.17, 15) is 10.0 Å². The number of methoxy groups -OCH3 is 1. The molecule has 0 aliphatic heterocycles. The SMILES string of the molecule is COc1nc2ccc(CN=O)cc2cc1C(c1ccccc1)C(O)(CCN(C)C)c1cccc2ccccc12. The molecule has 1 N–H and O–H groups in total. The van der Waals surface area contributed by atoms with E-state index in [-0.39, 0.29) is 6.54 Å². The zero-order valence-electron chi connectivity index (χ0n) is 22.5. The number of hydrogen-bond acceptors (Lipinski definition) is 6. The van der Waals surface area contributed by atoms with E-state index in [0.29, 0.717) is 18.8 Å². The van der Waals surface area contributed by atoms with Crippen LogP contribution in [0.15, 0.2) is 102 Å². The Hall–Kier alpha value is -4.13. The summed E-state index contributed by atoms with van der Waals surface area (Å²) in [7, 11) is 5.64. The zero-order valence-corrected chi connectivity index (χ0v) is 22.5. The number of aliphatic hydroxyl groups is 1. The van der Waals surface area contributed by atoms with Crippen molar-refractivity contribution < 1.29 is 9.84 Å². The molecule has 6 heteroatoms. The molecule has 1 aromatic heterocycles. The van der Waals surface area contributed by atoms with Gasteiger partial charge in [0.1, 0.15) is 12.1 Å². The van der Waals surface area contributed by atoms with Gasteiger partial charge in [0.05, 0.1) is 12.6 Å². The Balaban J connectivity index is 1.82. The summed E-state index contributed by atoms with van der Waals surface area (Å²) >= 11 is 0. The average molecular weight is 520 g/mol.